The number of ether oxygens (including phenoxy) is 1. The van der Waals surface area contributed by atoms with Gasteiger partial charge in [0.05, 0.1) is 0 Å². The summed E-state index contributed by atoms with van der Waals surface area (Å²) in [6.45, 7) is 4.43. The number of benzene rings is 3. The number of oxazole rings is 1. The maximum absolute atomic E-state index is 13.3. The van der Waals surface area contributed by atoms with Crippen LogP contribution in [0, 0.1) is 19.7 Å². The second kappa shape index (κ2) is 9.47. The van der Waals surface area contributed by atoms with Gasteiger partial charge in [0.25, 0.3) is 5.91 Å². The number of carbonyl (C=O) groups excluding carboxylic acids is 1. The predicted molar refractivity (Wildman–Crippen MR) is 120 cm³/mol. The Kier molecular flexibility index (Phi) is 6.31. The van der Waals surface area contributed by atoms with E-state index in [0.717, 1.165) is 17.0 Å². The molecule has 0 aliphatic heterocycles. The molecule has 0 saturated carbocycles. The third-order valence-electron chi connectivity index (χ3n) is 5.03. The van der Waals surface area contributed by atoms with Crippen molar-refractivity contribution in [2.24, 2.45) is 0 Å². The van der Waals surface area contributed by atoms with Crippen molar-refractivity contribution in [3.05, 3.63) is 107 Å². The van der Waals surface area contributed by atoms with E-state index in [1.807, 2.05) is 38.1 Å². The number of halogens is 1. The number of nitrogens with one attached hydrogen (secondary N) is 1. The molecule has 0 saturated heterocycles. The molecule has 0 aliphatic rings. The Balaban J connectivity index is 1.38. The summed E-state index contributed by atoms with van der Waals surface area (Å²) < 4.78 is 24.9. The lowest BCUT2D eigenvalue weighted by molar-refractivity contribution is 0.0951. The van der Waals surface area contributed by atoms with Crippen LogP contribution in [0.5, 0.6) is 5.75 Å². The first kappa shape index (κ1) is 21.3. The average Bonchev–Trinajstić information content (AvgIpc) is 3.18. The minimum atomic E-state index is -0.328. The molecule has 1 amide bonds. The summed E-state index contributed by atoms with van der Waals surface area (Å²) in [6, 6.07) is 21.0. The number of aromatic nitrogens is 1. The summed E-state index contributed by atoms with van der Waals surface area (Å²) in [4.78, 5) is 16.9. The lowest BCUT2D eigenvalue weighted by atomic mass is 10.1. The molecule has 32 heavy (non-hydrogen) atoms. The van der Waals surface area contributed by atoms with Crippen molar-refractivity contribution >= 4 is 5.91 Å². The zero-order valence-corrected chi connectivity index (χ0v) is 17.9. The van der Waals surface area contributed by atoms with Gasteiger partial charge in [0, 0.05) is 17.7 Å². The van der Waals surface area contributed by atoms with E-state index >= 15 is 0 Å². The van der Waals surface area contributed by atoms with Crippen LogP contribution in [0.2, 0.25) is 0 Å². The van der Waals surface area contributed by atoms with Gasteiger partial charge in [0.2, 0.25) is 5.89 Å². The summed E-state index contributed by atoms with van der Waals surface area (Å²) in [5.74, 6) is 1.36. The van der Waals surface area contributed by atoms with Crippen LogP contribution in [0.3, 0.4) is 0 Å². The maximum atomic E-state index is 13.3. The highest BCUT2D eigenvalue weighted by atomic mass is 19.1. The Bertz CT molecular complexity index is 1210. The highest BCUT2D eigenvalue weighted by Gasteiger charge is 2.13. The predicted octanol–water partition coefficient (Wildman–Crippen LogP) is 5.61. The molecule has 4 aromatic rings. The van der Waals surface area contributed by atoms with Crippen molar-refractivity contribution in [1.29, 1.82) is 0 Å². The lowest BCUT2D eigenvalue weighted by Crippen LogP contribution is -2.22. The Hall–Kier alpha value is -3.93. The zero-order chi connectivity index (χ0) is 22.5. The molecule has 0 atom stereocenters. The van der Waals surface area contributed by atoms with Crippen LogP contribution in [-0.2, 0) is 13.2 Å². The molecule has 1 N–H and O–H groups in total. The van der Waals surface area contributed by atoms with Gasteiger partial charge in [-0.15, -0.1) is 0 Å². The second-order valence-corrected chi connectivity index (χ2v) is 7.51. The van der Waals surface area contributed by atoms with E-state index in [1.165, 1.54) is 17.7 Å². The van der Waals surface area contributed by atoms with E-state index in [-0.39, 0.29) is 18.3 Å². The number of amides is 1. The molecule has 3 aromatic carbocycles. The number of rotatable bonds is 7. The average molecular weight is 430 g/mol. The molecule has 0 bridgehead atoms. The number of hydrogen-bond acceptors (Lipinski definition) is 4. The van der Waals surface area contributed by atoms with Crippen molar-refractivity contribution in [2.75, 3.05) is 0 Å². The van der Waals surface area contributed by atoms with Crippen LogP contribution in [0.1, 0.15) is 32.9 Å². The summed E-state index contributed by atoms with van der Waals surface area (Å²) >= 11 is 0. The minimum Gasteiger partial charge on any atom is -0.487 e. The molecular weight excluding hydrogens is 407 g/mol. The quantitative estimate of drug-likeness (QED) is 0.414. The number of nitrogens with zero attached hydrogens (tertiary/aromatic N) is 1. The number of aryl methyl sites for hydroxylation is 2. The minimum absolute atomic E-state index is 0.239. The largest absolute Gasteiger partial charge is 0.487 e. The third-order valence-corrected chi connectivity index (χ3v) is 5.03. The third kappa shape index (κ3) is 5.21. The van der Waals surface area contributed by atoms with Gasteiger partial charge in [-0.25, -0.2) is 9.37 Å². The van der Waals surface area contributed by atoms with E-state index in [0.29, 0.717) is 29.4 Å². The van der Waals surface area contributed by atoms with Crippen LogP contribution in [0.15, 0.2) is 77.2 Å². The van der Waals surface area contributed by atoms with Crippen LogP contribution in [0.4, 0.5) is 4.39 Å². The standard InChI is InChI=1S/C26H23FN2O3/c1-17-6-12-23(13-7-17)31-16-24-18(2)32-26(29-24)21-10-8-20(9-11-21)25(30)28-15-19-4-3-5-22(27)14-19/h3-14H,15-16H2,1-2H3,(H,28,30). The molecule has 0 aliphatic carbocycles. The van der Waals surface area contributed by atoms with Gasteiger partial charge in [-0.1, -0.05) is 29.8 Å². The van der Waals surface area contributed by atoms with Crippen molar-refractivity contribution in [2.45, 2.75) is 27.0 Å². The first-order valence-corrected chi connectivity index (χ1v) is 10.3. The van der Waals surface area contributed by atoms with Crippen LogP contribution in [0.25, 0.3) is 11.5 Å². The van der Waals surface area contributed by atoms with Gasteiger partial charge in [-0.05, 0) is 67.9 Å². The van der Waals surface area contributed by atoms with E-state index in [2.05, 4.69) is 10.3 Å². The monoisotopic (exact) mass is 430 g/mol. The van der Waals surface area contributed by atoms with Gasteiger partial charge in [0.15, 0.2) is 0 Å². The first-order valence-electron chi connectivity index (χ1n) is 10.3. The molecule has 0 radical (unpaired) electrons. The van der Waals surface area contributed by atoms with Crippen molar-refractivity contribution in [1.82, 2.24) is 10.3 Å². The molecule has 0 unspecified atom stereocenters. The molecule has 1 aromatic heterocycles. The number of carbonyl (C=O) groups is 1. The Labute approximate surface area is 185 Å². The molecule has 0 spiro atoms. The second-order valence-electron chi connectivity index (χ2n) is 7.51. The van der Waals surface area contributed by atoms with Crippen LogP contribution < -0.4 is 10.1 Å². The highest BCUT2D eigenvalue weighted by molar-refractivity contribution is 5.94. The molecular formula is C26H23FN2O3. The number of hydrogen-bond donors (Lipinski definition) is 1. The maximum Gasteiger partial charge on any atom is 0.251 e. The summed E-state index contributed by atoms with van der Waals surface area (Å²) in [5.41, 5.74) is 3.85. The van der Waals surface area contributed by atoms with Crippen LogP contribution >= 0.6 is 0 Å². The summed E-state index contributed by atoms with van der Waals surface area (Å²) in [7, 11) is 0. The Morgan fingerprint density at radius 1 is 1.03 bits per heavy atom. The SMILES string of the molecule is Cc1ccc(OCc2nc(-c3ccc(C(=O)NCc4cccc(F)c4)cc3)oc2C)cc1. The lowest BCUT2D eigenvalue weighted by Gasteiger charge is -2.06. The van der Waals surface area contributed by atoms with E-state index in [9.17, 15) is 9.18 Å². The van der Waals surface area contributed by atoms with Gasteiger partial charge in [-0.3, -0.25) is 4.79 Å². The van der Waals surface area contributed by atoms with E-state index < -0.39 is 0 Å². The topological polar surface area (TPSA) is 64.4 Å². The smallest absolute Gasteiger partial charge is 0.251 e. The van der Waals surface area contributed by atoms with Crippen LogP contribution in [-0.4, -0.2) is 10.9 Å². The van der Waals surface area contributed by atoms with Crippen molar-refractivity contribution < 1.29 is 18.3 Å². The molecule has 5 nitrogen and oxygen atoms in total. The molecule has 6 heteroatoms. The summed E-state index contributed by atoms with van der Waals surface area (Å²) in [6.07, 6.45) is 0. The van der Waals surface area contributed by atoms with Gasteiger partial charge in [-0.2, -0.15) is 0 Å². The normalized spacial score (nSPS) is 10.7. The summed E-state index contributed by atoms with van der Waals surface area (Å²) in [5, 5.41) is 2.79. The first-order chi connectivity index (χ1) is 15.5. The molecule has 162 valence electrons. The fourth-order valence-electron chi connectivity index (χ4n) is 3.17. The Morgan fingerprint density at radius 2 is 1.78 bits per heavy atom. The highest BCUT2D eigenvalue weighted by Crippen LogP contribution is 2.23. The van der Waals surface area contributed by atoms with E-state index in [4.69, 9.17) is 9.15 Å². The Morgan fingerprint density at radius 3 is 2.50 bits per heavy atom. The molecule has 1 heterocycles. The van der Waals surface area contributed by atoms with Gasteiger partial charge >= 0.3 is 0 Å². The van der Waals surface area contributed by atoms with Crippen molar-refractivity contribution in [3.8, 4) is 17.2 Å². The fraction of sp³-hybridized carbons (Fsp3) is 0.154. The zero-order valence-electron chi connectivity index (χ0n) is 17.9. The van der Waals surface area contributed by atoms with Gasteiger partial charge < -0.3 is 14.5 Å². The van der Waals surface area contributed by atoms with E-state index in [1.54, 1.807) is 36.4 Å². The fourth-order valence-corrected chi connectivity index (χ4v) is 3.17. The molecule has 0 fully saturated rings. The van der Waals surface area contributed by atoms with Gasteiger partial charge in [0.1, 0.15) is 29.6 Å². The molecule has 4 rings (SSSR count). The van der Waals surface area contributed by atoms with Crippen molar-refractivity contribution in [3.63, 3.8) is 0 Å².